The zero-order valence-electron chi connectivity index (χ0n) is 8.86. The highest BCUT2D eigenvalue weighted by Gasteiger charge is 2.25. The average Bonchev–Trinajstić information content (AvgIpc) is 2.68. The normalized spacial score (nSPS) is 18.3. The van der Waals surface area contributed by atoms with Crippen molar-refractivity contribution in [1.82, 2.24) is 9.80 Å². The molecule has 4 nitrogen and oxygen atoms in total. The largest absolute Gasteiger partial charge is 0.341 e. The fraction of sp³-hybridized carbons (Fsp3) is 0.800. The number of hydrogen-bond donors (Lipinski definition) is 0. The van der Waals surface area contributed by atoms with Gasteiger partial charge in [-0.1, -0.05) is 0 Å². The van der Waals surface area contributed by atoms with Crippen LogP contribution in [-0.2, 0) is 4.79 Å². The molecule has 0 aliphatic carbocycles. The van der Waals surface area contributed by atoms with Crippen LogP contribution in [0.25, 0.3) is 0 Å². The van der Waals surface area contributed by atoms with Crippen LogP contribution in [0.2, 0.25) is 0 Å². The first-order chi connectivity index (χ1) is 6.66. The Morgan fingerprint density at radius 3 is 2.64 bits per heavy atom. The molecule has 0 aromatic rings. The molecular weight excluding hydrogens is 178 g/mol. The van der Waals surface area contributed by atoms with Gasteiger partial charge in [0.25, 0.3) is 0 Å². The van der Waals surface area contributed by atoms with E-state index in [1.54, 1.807) is 4.90 Å². The third kappa shape index (κ3) is 2.46. The van der Waals surface area contributed by atoms with Crippen molar-refractivity contribution in [1.29, 1.82) is 5.26 Å². The van der Waals surface area contributed by atoms with Crippen LogP contribution in [0.5, 0.6) is 0 Å². The van der Waals surface area contributed by atoms with E-state index in [0.29, 0.717) is 6.54 Å². The molecule has 1 aliphatic rings. The summed E-state index contributed by atoms with van der Waals surface area (Å²) in [7, 11) is 1.81. The first-order valence-electron chi connectivity index (χ1n) is 5.03. The SMILES string of the molecule is CC(C(=O)N1CCCC1)N(C)CC#N. The molecule has 1 aliphatic heterocycles. The van der Waals surface area contributed by atoms with Gasteiger partial charge in [-0.15, -0.1) is 0 Å². The summed E-state index contributed by atoms with van der Waals surface area (Å²) in [5.41, 5.74) is 0. The maximum atomic E-state index is 11.8. The van der Waals surface area contributed by atoms with E-state index < -0.39 is 0 Å². The van der Waals surface area contributed by atoms with E-state index in [9.17, 15) is 4.79 Å². The van der Waals surface area contributed by atoms with Gasteiger partial charge in [-0.05, 0) is 26.8 Å². The maximum absolute atomic E-state index is 11.8. The lowest BCUT2D eigenvalue weighted by Gasteiger charge is -2.25. The number of nitrogens with zero attached hydrogens (tertiary/aromatic N) is 3. The average molecular weight is 195 g/mol. The Hall–Kier alpha value is -1.08. The molecule has 1 amide bonds. The molecule has 0 bridgehead atoms. The summed E-state index contributed by atoms with van der Waals surface area (Å²) in [4.78, 5) is 15.5. The minimum atomic E-state index is -0.173. The van der Waals surface area contributed by atoms with E-state index in [4.69, 9.17) is 5.26 Å². The van der Waals surface area contributed by atoms with Crippen LogP contribution in [0.15, 0.2) is 0 Å². The molecule has 0 aromatic heterocycles. The second-order valence-electron chi connectivity index (χ2n) is 3.78. The van der Waals surface area contributed by atoms with Gasteiger partial charge in [0.15, 0.2) is 0 Å². The fourth-order valence-corrected chi connectivity index (χ4v) is 1.64. The van der Waals surface area contributed by atoms with E-state index in [-0.39, 0.29) is 11.9 Å². The Bertz CT molecular complexity index is 240. The highest BCUT2D eigenvalue weighted by molar-refractivity contribution is 5.81. The van der Waals surface area contributed by atoms with Crippen molar-refractivity contribution < 1.29 is 4.79 Å². The number of carbonyl (C=O) groups excluding carboxylic acids is 1. The third-order valence-electron chi connectivity index (χ3n) is 2.76. The lowest BCUT2D eigenvalue weighted by Crippen LogP contribution is -2.44. The lowest BCUT2D eigenvalue weighted by atomic mass is 10.2. The van der Waals surface area contributed by atoms with Crippen LogP contribution >= 0.6 is 0 Å². The predicted molar refractivity (Wildman–Crippen MR) is 53.5 cm³/mol. The van der Waals surface area contributed by atoms with E-state index >= 15 is 0 Å². The van der Waals surface area contributed by atoms with Crippen molar-refractivity contribution in [3.05, 3.63) is 0 Å². The second kappa shape index (κ2) is 4.97. The number of amides is 1. The Labute approximate surface area is 85.1 Å². The van der Waals surface area contributed by atoms with Crippen molar-refractivity contribution in [3.63, 3.8) is 0 Å². The summed E-state index contributed by atoms with van der Waals surface area (Å²) < 4.78 is 0. The molecule has 0 aromatic carbocycles. The van der Waals surface area contributed by atoms with Crippen molar-refractivity contribution >= 4 is 5.91 Å². The van der Waals surface area contributed by atoms with Gasteiger partial charge in [0.05, 0.1) is 18.7 Å². The molecule has 4 heteroatoms. The molecule has 0 spiro atoms. The topological polar surface area (TPSA) is 47.3 Å². The van der Waals surface area contributed by atoms with Gasteiger partial charge in [-0.3, -0.25) is 9.69 Å². The number of hydrogen-bond acceptors (Lipinski definition) is 3. The number of rotatable bonds is 3. The molecule has 1 fully saturated rings. The van der Waals surface area contributed by atoms with Gasteiger partial charge in [0.2, 0.25) is 5.91 Å². The zero-order valence-corrected chi connectivity index (χ0v) is 8.86. The van der Waals surface area contributed by atoms with Gasteiger partial charge in [-0.25, -0.2) is 0 Å². The molecule has 1 rings (SSSR count). The van der Waals surface area contributed by atoms with E-state index in [2.05, 4.69) is 0 Å². The summed E-state index contributed by atoms with van der Waals surface area (Å²) in [6.07, 6.45) is 2.22. The smallest absolute Gasteiger partial charge is 0.239 e. The summed E-state index contributed by atoms with van der Waals surface area (Å²) in [5, 5.41) is 8.52. The summed E-state index contributed by atoms with van der Waals surface area (Å²) in [5.74, 6) is 0.153. The Balaban J connectivity index is 2.47. The number of nitriles is 1. The quantitative estimate of drug-likeness (QED) is 0.614. The van der Waals surface area contributed by atoms with Crippen LogP contribution in [0.1, 0.15) is 19.8 Å². The standard InChI is InChI=1S/C10H17N3O/c1-9(12(2)8-5-11)10(14)13-6-3-4-7-13/h9H,3-4,6-8H2,1-2H3. The Morgan fingerprint density at radius 2 is 2.14 bits per heavy atom. The highest BCUT2D eigenvalue weighted by Crippen LogP contribution is 2.10. The Morgan fingerprint density at radius 1 is 1.57 bits per heavy atom. The van der Waals surface area contributed by atoms with E-state index in [1.807, 2.05) is 24.9 Å². The van der Waals surface area contributed by atoms with Crippen LogP contribution in [-0.4, -0.2) is 48.4 Å². The van der Waals surface area contributed by atoms with Crippen LogP contribution in [0.3, 0.4) is 0 Å². The summed E-state index contributed by atoms with van der Waals surface area (Å²) in [6, 6.07) is 1.88. The first kappa shape index (κ1) is 11.0. The van der Waals surface area contributed by atoms with Crippen molar-refractivity contribution in [3.8, 4) is 6.07 Å². The first-order valence-corrected chi connectivity index (χ1v) is 5.03. The third-order valence-corrected chi connectivity index (χ3v) is 2.76. The zero-order chi connectivity index (χ0) is 10.6. The molecular formula is C10H17N3O. The van der Waals surface area contributed by atoms with Gasteiger partial charge < -0.3 is 4.90 Å². The number of carbonyl (C=O) groups is 1. The predicted octanol–water partition coefficient (Wildman–Crippen LogP) is 0.453. The van der Waals surface area contributed by atoms with Gasteiger partial charge in [-0.2, -0.15) is 5.26 Å². The fourth-order valence-electron chi connectivity index (χ4n) is 1.64. The minimum absolute atomic E-state index is 0.153. The van der Waals surface area contributed by atoms with E-state index in [1.165, 1.54) is 0 Å². The molecule has 1 atom stereocenters. The monoisotopic (exact) mass is 195 g/mol. The van der Waals surface area contributed by atoms with Crippen molar-refractivity contribution in [2.45, 2.75) is 25.8 Å². The summed E-state index contributed by atoms with van der Waals surface area (Å²) >= 11 is 0. The number of likely N-dealkylation sites (N-methyl/N-ethyl adjacent to an activating group) is 1. The molecule has 1 saturated heterocycles. The molecule has 1 unspecified atom stereocenters. The van der Waals surface area contributed by atoms with Crippen molar-refractivity contribution in [2.75, 3.05) is 26.7 Å². The Kier molecular flexibility index (Phi) is 3.90. The van der Waals surface area contributed by atoms with Crippen LogP contribution in [0.4, 0.5) is 0 Å². The molecule has 0 radical (unpaired) electrons. The van der Waals surface area contributed by atoms with Gasteiger partial charge in [0.1, 0.15) is 0 Å². The van der Waals surface area contributed by atoms with Gasteiger partial charge >= 0.3 is 0 Å². The van der Waals surface area contributed by atoms with E-state index in [0.717, 1.165) is 25.9 Å². The maximum Gasteiger partial charge on any atom is 0.239 e. The van der Waals surface area contributed by atoms with Crippen LogP contribution < -0.4 is 0 Å². The van der Waals surface area contributed by atoms with Crippen LogP contribution in [0, 0.1) is 11.3 Å². The molecule has 14 heavy (non-hydrogen) atoms. The lowest BCUT2D eigenvalue weighted by molar-refractivity contribution is -0.134. The second-order valence-corrected chi connectivity index (χ2v) is 3.78. The highest BCUT2D eigenvalue weighted by atomic mass is 16.2. The van der Waals surface area contributed by atoms with Crippen molar-refractivity contribution in [2.24, 2.45) is 0 Å². The molecule has 0 saturated carbocycles. The number of likely N-dealkylation sites (tertiary alicyclic amines) is 1. The summed E-state index contributed by atoms with van der Waals surface area (Å²) in [6.45, 7) is 3.92. The van der Waals surface area contributed by atoms with Gasteiger partial charge in [0, 0.05) is 13.1 Å². The molecule has 1 heterocycles. The minimum Gasteiger partial charge on any atom is -0.341 e. The molecule has 78 valence electrons. The molecule has 0 N–H and O–H groups in total.